The molecule has 1 N–H and O–H groups in total. The number of hydrogen-bond donors (Lipinski definition) is 1. The Morgan fingerprint density at radius 2 is 1.68 bits per heavy atom. The van der Waals surface area contributed by atoms with E-state index < -0.39 is 35.3 Å². The van der Waals surface area contributed by atoms with E-state index in [4.69, 9.17) is 51.1 Å². The van der Waals surface area contributed by atoms with E-state index in [1.165, 1.54) is 24.3 Å². The van der Waals surface area contributed by atoms with Gasteiger partial charge in [0.15, 0.2) is 5.75 Å². The lowest BCUT2D eigenvalue weighted by Gasteiger charge is -2.13. The summed E-state index contributed by atoms with van der Waals surface area (Å²) in [6.07, 6.45) is -3.23. The van der Waals surface area contributed by atoms with E-state index in [2.05, 4.69) is 5.32 Å². The summed E-state index contributed by atoms with van der Waals surface area (Å²) < 4.78 is 44.5. The minimum absolute atomic E-state index is 0.00869. The number of ether oxygens (including phenoxy) is 1. The van der Waals surface area contributed by atoms with Crippen molar-refractivity contribution >= 4 is 87.0 Å². The number of carbonyl (C=O) groups is 3. The van der Waals surface area contributed by atoms with Crippen LogP contribution in [0.1, 0.15) is 16.7 Å². The fourth-order valence-electron chi connectivity index (χ4n) is 3.49. The van der Waals surface area contributed by atoms with E-state index in [-0.39, 0.29) is 33.0 Å². The Balaban J connectivity index is 1.43. The van der Waals surface area contributed by atoms with Gasteiger partial charge in [-0.25, -0.2) is 0 Å². The number of anilines is 1. The van der Waals surface area contributed by atoms with Gasteiger partial charge in [-0.05, 0) is 65.9 Å². The first kappa shape index (κ1) is 30.1. The van der Waals surface area contributed by atoms with E-state index in [1.807, 2.05) is 0 Å². The summed E-state index contributed by atoms with van der Waals surface area (Å²) in [4.78, 5) is 38.3. The van der Waals surface area contributed by atoms with Gasteiger partial charge in [0.1, 0.15) is 13.2 Å². The highest BCUT2D eigenvalue weighted by molar-refractivity contribution is 8.18. The fraction of sp³-hybridized carbons (Fsp3) is 0.115. The van der Waals surface area contributed by atoms with Crippen molar-refractivity contribution in [2.45, 2.75) is 12.8 Å². The van der Waals surface area contributed by atoms with Gasteiger partial charge in [0.25, 0.3) is 11.1 Å². The molecule has 0 unspecified atom stereocenters. The minimum Gasteiger partial charge on any atom is -0.486 e. The Morgan fingerprint density at radius 3 is 2.33 bits per heavy atom. The van der Waals surface area contributed by atoms with Crippen LogP contribution in [0.5, 0.6) is 5.75 Å². The summed E-state index contributed by atoms with van der Waals surface area (Å²) in [7, 11) is 0. The number of imide groups is 1. The molecular formula is C26H15Cl4F3N2O4S. The Hall–Kier alpha value is -2.89. The second kappa shape index (κ2) is 12.3. The average Bonchev–Trinajstić information content (AvgIpc) is 3.11. The van der Waals surface area contributed by atoms with Crippen LogP contribution in [0.15, 0.2) is 59.5 Å². The lowest BCUT2D eigenvalue weighted by molar-refractivity contribution is -0.137. The molecule has 0 aliphatic carbocycles. The molecule has 1 aliphatic heterocycles. The number of halogens is 7. The van der Waals surface area contributed by atoms with E-state index in [9.17, 15) is 27.6 Å². The van der Waals surface area contributed by atoms with Crippen molar-refractivity contribution in [1.82, 2.24) is 4.90 Å². The monoisotopic (exact) mass is 648 g/mol. The average molecular weight is 650 g/mol. The van der Waals surface area contributed by atoms with E-state index in [1.54, 1.807) is 18.2 Å². The van der Waals surface area contributed by atoms with Gasteiger partial charge in [-0.1, -0.05) is 58.5 Å². The molecule has 0 atom stereocenters. The molecule has 1 heterocycles. The zero-order valence-corrected chi connectivity index (χ0v) is 23.7. The SMILES string of the molecule is O=C(CN1C(=O)S/C(=C\c2cc(Cl)c(OCc3ccc(Cl)cc3Cl)c(Cl)c2)C1=O)Nc1cccc(C(F)(F)F)c1. The van der Waals surface area contributed by atoms with Gasteiger partial charge in [0, 0.05) is 21.3 Å². The maximum Gasteiger partial charge on any atom is 0.416 e. The summed E-state index contributed by atoms with van der Waals surface area (Å²) in [6, 6.07) is 11.8. The van der Waals surface area contributed by atoms with Crippen LogP contribution >= 0.6 is 58.2 Å². The molecule has 1 aliphatic rings. The molecule has 3 aromatic carbocycles. The largest absolute Gasteiger partial charge is 0.486 e. The van der Waals surface area contributed by atoms with E-state index in [0.717, 1.165) is 18.2 Å². The lowest BCUT2D eigenvalue weighted by atomic mass is 10.2. The second-order valence-electron chi connectivity index (χ2n) is 8.23. The molecule has 0 spiro atoms. The summed E-state index contributed by atoms with van der Waals surface area (Å²) >= 11 is 25.3. The van der Waals surface area contributed by atoms with Crippen LogP contribution in [0.4, 0.5) is 23.7 Å². The van der Waals surface area contributed by atoms with Crippen molar-refractivity contribution in [2.24, 2.45) is 0 Å². The summed E-state index contributed by atoms with van der Waals surface area (Å²) in [6.45, 7) is -0.643. The molecule has 208 valence electrons. The maximum atomic E-state index is 12.9. The van der Waals surface area contributed by atoms with Crippen molar-refractivity contribution in [3.05, 3.63) is 96.3 Å². The van der Waals surface area contributed by atoms with Gasteiger partial charge in [0.2, 0.25) is 5.91 Å². The number of hydrogen-bond acceptors (Lipinski definition) is 5. The zero-order chi connectivity index (χ0) is 29.2. The highest BCUT2D eigenvalue weighted by atomic mass is 35.5. The number of carbonyl (C=O) groups excluding carboxylic acids is 3. The van der Waals surface area contributed by atoms with Crippen LogP contribution in [0.2, 0.25) is 20.1 Å². The Bertz CT molecular complexity index is 1530. The van der Waals surface area contributed by atoms with Gasteiger partial charge < -0.3 is 10.1 Å². The van der Waals surface area contributed by atoms with Gasteiger partial charge in [-0.2, -0.15) is 13.2 Å². The fourth-order valence-corrected chi connectivity index (χ4v) is 5.41. The molecule has 1 saturated heterocycles. The van der Waals surface area contributed by atoms with Crippen molar-refractivity contribution in [2.75, 3.05) is 11.9 Å². The predicted octanol–water partition coefficient (Wildman–Crippen LogP) is 8.57. The predicted molar refractivity (Wildman–Crippen MR) is 150 cm³/mol. The number of rotatable bonds is 7. The molecule has 0 radical (unpaired) electrons. The molecule has 0 aromatic heterocycles. The molecule has 40 heavy (non-hydrogen) atoms. The van der Waals surface area contributed by atoms with Gasteiger partial charge in [-0.3, -0.25) is 19.3 Å². The van der Waals surface area contributed by atoms with Gasteiger partial charge >= 0.3 is 6.18 Å². The first-order chi connectivity index (χ1) is 18.8. The van der Waals surface area contributed by atoms with Crippen molar-refractivity contribution in [3.63, 3.8) is 0 Å². The van der Waals surface area contributed by atoms with Crippen LogP contribution in [0.3, 0.4) is 0 Å². The summed E-state index contributed by atoms with van der Waals surface area (Å²) in [5.41, 5.74) is -0.0620. The topological polar surface area (TPSA) is 75.7 Å². The van der Waals surface area contributed by atoms with Crippen LogP contribution in [0.25, 0.3) is 6.08 Å². The minimum atomic E-state index is -4.60. The number of nitrogens with zero attached hydrogens (tertiary/aromatic N) is 1. The van der Waals surface area contributed by atoms with Crippen LogP contribution in [-0.4, -0.2) is 28.5 Å². The van der Waals surface area contributed by atoms with Crippen LogP contribution in [-0.2, 0) is 22.4 Å². The molecule has 14 heteroatoms. The highest BCUT2D eigenvalue weighted by Crippen LogP contribution is 2.38. The number of benzene rings is 3. The second-order valence-corrected chi connectivity index (χ2v) is 10.9. The van der Waals surface area contributed by atoms with Crippen molar-refractivity contribution < 1.29 is 32.3 Å². The van der Waals surface area contributed by atoms with Gasteiger partial charge in [-0.15, -0.1) is 0 Å². The number of nitrogens with one attached hydrogen (secondary N) is 1. The van der Waals surface area contributed by atoms with E-state index in [0.29, 0.717) is 37.8 Å². The first-order valence-electron chi connectivity index (χ1n) is 11.1. The zero-order valence-electron chi connectivity index (χ0n) is 19.8. The number of alkyl halides is 3. The molecule has 0 bridgehead atoms. The molecule has 3 amide bonds. The molecule has 3 aromatic rings. The number of amides is 3. The summed E-state index contributed by atoms with van der Waals surface area (Å²) in [5.74, 6) is -1.44. The third-order valence-corrected chi connectivity index (χ3v) is 7.41. The smallest absolute Gasteiger partial charge is 0.416 e. The maximum absolute atomic E-state index is 12.9. The van der Waals surface area contributed by atoms with E-state index >= 15 is 0 Å². The Morgan fingerprint density at radius 1 is 0.975 bits per heavy atom. The van der Waals surface area contributed by atoms with Crippen molar-refractivity contribution in [3.8, 4) is 5.75 Å². The van der Waals surface area contributed by atoms with Crippen LogP contribution < -0.4 is 10.1 Å². The highest BCUT2D eigenvalue weighted by Gasteiger charge is 2.36. The standard InChI is InChI=1S/C26H15Cl4F3N2O4S/c27-16-5-4-14(18(28)10-16)12-39-23-19(29)6-13(7-20(23)30)8-21-24(37)35(25(38)40-21)11-22(36)34-17-3-1-2-15(9-17)26(31,32)33/h1-10H,11-12H2,(H,34,36)/b21-8-. The summed E-state index contributed by atoms with van der Waals surface area (Å²) in [5, 5.41) is 2.65. The first-order valence-corrected chi connectivity index (χ1v) is 13.4. The molecule has 1 fully saturated rings. The number of thioether (sulfide) groups is 1. The lowest BCUT2D eigenvalue weighted by Crippen LogP contribution is -2.36. The Labute approximate surface area is 250 Å². The quantitative estimate of drug-likeness (QED) is 0.260. The third kappa shape index (κ3) is 7.24. The molecule has 6 nitrogen and oxygen atoms in total. The molecule has 4 rings (SSSR count). The molecule has 0 saturated carbocycles. The molecular weight excluding hydrogens is 635 g/mol. The Kier molecular flexibility index (Phi) is 9.26. The normalized spacial score (nSPS) is 14.7. The van der Waals surface area contributed by atoms with Crippen LogP contribution in [0, 0.1) is 0 Å². The third-order valence-electron chi connectivity index (χ3n) is 5.35. The van der Waals surface area contributed by atoms with Crippen molar-refractivity contribution in [1.29, 1.82) is 0 Å². The van der Waals surface area contributed by atoms with Gasteiger partial charge in [0.05, 0.1) is 20.5 Å².